The molecule has 138 valence electrons. The van der Waals surface area contributed by atoms with E-state index < -0.39 is 0 Å². The first kappa shape index (κ1) is 19.3. The lowest BCUT2D eigenvalue weighted by atomic mass is 10.2. The maximum atomic E-state index is 12.9. The van der Waals surface area contributed by atoms with Crippen molar-refractivity contribution in [3.8, 4) is 0 Å². The van der Waals surface area contributed by atoms with Crippen LogP contribution in [-0.4, -0.2) is 57.6 Å². The second-order valence-electron chi connectivity index (χ2n) is 7.11. The smallest absolute Gasteiger partial charge is 0.279 e. The summed E-state index contributed by atoms with van der Waals surface area (Å²) < 4.78 is 12.9. The van der Waals surface area contributed by atoms with Gasteiger partial charge in [0.2, 0.25) is 0 Å². The third kappa shape index (κ3) is 7.19. The molecule has 1 heterocycles. The van der Waals surface area contributed by atoms with E-state index in [-0.39, 0.29) is 17.6 Å². The molecule has 0 spiro atoms. The number of carbonyl (C=O) groups is 2. The van der Waals surface area contributed by atoms with Gasteiger partial charge in [0.15, 0.2) is 13.1 Å². The summed E-state index contributed by atoms with van der Waals surface area (Å²) in [7, 11) is 0. The Morgan fingerprint density at radius 1 is 1.00 bits per heavy atom. The number of nitrogens with one attached hydrogen (secondary N) is 4. The van der Waals surface area contributed by atoms with Crippen LogP contribution >= 0.6 is 0 Å². The minimum atomic E-state index is -0.319. The molecule has 0 aliphatic carbocycles. The second kappa shape index (κ2) is 9.48. The van der Waals surface area contributed by atoms with Gasteiger partial charge in [-0.25, -0.2) is 4.39 Å². The summed E-state index contributed by atoms with van der Waals surface area (Å²) in [5, 5.41) is 5.74. The Balaban J connectivity index is 1.66. The molecule has 1 aliphatic heterocycles. The zero-order valence-corrected chi connectivity index (χ0v) is 15.0. The van der Waals surface area contributed by atoms with Gasteiger partial charge >= 0.3 is 0 Å². The zero-order valence-electron chi connectivity index (χ0n) is 15.0. The molecular formula is C18H29FN4O2+2. The number of rotatable bonds is 7. The summed E-state index contributed by atoms with van der Waals surface area (Å²) in [6, 6.07) is 5.77. The maximum Gasteiger partial charge on any atom is 0.279 e. The number of carbonyl (C=O) groups excluding carboxylic acids is 2. The fourth-order valence-electron chi connectivity index (χ4n) is 2.88. The Hall–Kier alpha value is -1.99. The Labute approximate surface area is 148 Å². The van der Waals surface area contributed by atoms with Crippen molar-refractivity contribution < 1.29 is 23.8 Å². The quantitative estimate of drug-likeness (QED) is 0.474. The third-order valence-electron chi connectivity index (χ3n) is 4.32. The van der Waals surface area contributed by atoms with Gasteiger partial charge in [0.05, 0.1) is 0 Å². The van der Waals surface area contributed by atoms with Gasteiger partial charge in [0, 0.05) is 12.2 Å². The number of halogens is 1. The first-order valence-corrected chi connectivity index (χ1v) is 8.91. The highest BCUT2D eigenvalue weighted by Crippen LogP contribution is 2.07. The lowest BCUT2D eigenvalue weighted by molar-refractivity contribution is -1.00. The summed E-state index contributed by atoms with van der Waals surface area (Å²) in [5.74, 6) is 0.168. The van der Waals surface area contributed by atoms with Crippen LogP contribution < -0.4 is 20.4 Å². The van der Waals surface area contributed by atoms with E-state index in [4.69, 9.17) is 0 Å². The summed E-state index contributed by atoms with van der Waals surface area (Å²) in [4.78, 5) is 26.4. The molecule has 2 amide bonds. The predicted octanol–water partition coefficient (Wildman–Crippen LogP) is -1.68. The summed E-state index contributed by atoms with van der Waals surface area (Å²) >= 11 is 0. The molecule has 0 atom stereocenters. The fourth-order valence-corrected chi connectivity index (χ4v) is 2.88. The van der Waals surface area contributed by atoms with Crippen molar-refractivity contribution in [3.63, 3.8) is 0 Å². The minimum Gasteiger partial charge on any atom is -0.351 e. The van der Waals surface area contributed by atoms with E-state index in [2.05, 4.69) is 24.5 Å². The summed E-state index contributed by atoms with van der Waals surface area (Å²) in [6.07, 6.45) is 0. The molecular weight excluding hydrogens is 323 g/mol. The molecule has 25 heavy (non-hydrogen) atoms. The monoisotopic (exact) mass is 352 g/mol. The van der Waals surface area contributed by atoms with Crippen LogP contribution in [0.2, 0.25) is 0 Å². The largest absolute Gasteiger partial charge is 0.351 e. The summed E-state index contributed by atoms with van der Waals surface area (Å²) in [6.45, 7) is 9.26. The molecule has 0 aromatic heterocycles. The van der Waals surface area contributed by atoms with Crippen LogP contribution in [0.1, 0.15) is 13.8 Å². The number of benzene rings is 1. The van der Waals surface area contributed by atoms with Gasteiger partial charge in [-0.3, -0.25) is 9.59 Å². The van der Waals surface area contributed by atoms with Crippen LogP contribution in [0.5, 0.6) is 0 Å². The number of piperazine rings is 1. The first-order chi connectivity index (χ1) is 11.9. The molecule has 0 saturated carbocycles. The highest BCUT2D eigenvalue weighted by molar-refractivity contribution is 5.91. The van der Waals surface area contributed by atoms with Crippen LogP contribution in [0, 0.1) is 11.7 Å². The first-order valence-electron chi connectivity index (χ1n) is 8.91. The maximum absolute atomic E-state index is 12.9. The SMILES string of the molecule is CC(C)CNC(=O)C[NH+]1CC[NH+](CC(=O)Nc2ccc(F)cc2)CC1. The van der Waals surface area contributed by atoms with E-state index in [1.54, 1.807) is 12.1 Å². The normalized spacial score (nSPS) is 20.3. The number of hydrogen-bond donors (Lipinski definition) is 4. The molecule has 1 aromatic carbocycles. The van der Waals surface area contributed by atoms with Crippen molar-refractivity contribution in [2.45, 2.75) is 13.8 Å². The van der Waals surface area contributed by atoms with E-state index in [0.717, 1.165) is 26.2 Å². The Bertz CT molecular complexity index is 569. The van der Waals surface area contributed by atoms with Gasteiger partial charge in [0.25, 0.3) is 11.8 Å². The van der Waals surface area contributed by atoms with Crippen molar-refractivity contribution in [2.75, 3.05) is 51.1 Å². The second-order valence-corrected chi connectivity index (χ2v) is 7.11. The number of hydrogen-bond acceptors (Lipinski definition) is 2. The summed E-state index contributed by atoms with van der Waals surface area (Å²) in [5.41, 5.74) is 0.608. The van der Waals surface area contributed by atoms with Crippen molar-refractivity contribution in [1.82, 2.24) is 5.32 Å². The van der Waals surface area contributed by atoms with Crippen LogP contribution in [0.3, 0.4) is 0 Å². The lowest BCUT2D eigenvalue weighted by Gasteiger charge is -2.29. The van der Waals surface area contributed by atoms with Crippen molar-refractivity contribution in [1.29, 1.82) is 0 Å². The molecule has 1 aromatic rings. The Kier molecular flexibility index (Phi) is 7.33. The van der Waals surface area contributed by atoms with Gasteiger partial charge in [-0.15, -0.1) is 0 Å². The van der Waals surface area contributed by atoms with E-state index >= 15 is 0 Å². The van der Waals surface area contributed by atoms with Crippen LogP contribution in [-0.2, 0) is 9.59 Å². The van der Waals surface area contributed by atoms with Gasteiger partial charge in [-0.05, 0) is 30.2 Å². The van der Waals surface area contributed by atoms with Crippen molar-refractivity contribution in [3.05, 3.63) is 30.1 Å². The molecule has 6 nitrogen and oxygen atoms in total. The van der Waals surface area contributed by atoms with Crippen molar-refractivity contribution >= 4 is 17.5 Å². The molecule has 0 radical (unpaired) electrons. The Morgan fingerprint density at radius 2 is 1.52 bits per heavy atom. The topological polar surface area (TPSA) is 67.1 Å². The van der Waals surface area contributed by atoms with E-state index in [0.29, 0.717) is 31.2 Å². The van der Waals surface area contributed by atoms with Crippen LogP contribution in [0.15, 0.2) is 24.3 Å². The molecule has 0 unspecified atom stereocenters. The highest BCUT2D eigenvalue weighted by atomic mass is 19.1. The van der Waals surface area contributed by atoms with Gasteiger partial charge in [0.1, 0.15) is 32.0 Å². The fraction of sp³-hybridized carbons (Fsp3) is 0.556. The van der Waals surface area contributed by atoms with Crippen LogP contribution in [0.4, 0.5) is 10.1 Å². The third-order valence-corrected chi connectivity index (χ3v) is 4.32. The van der Waals surface area contributed by atoms with E-state index in [1.807, 2.05) is 0 Å². The van der Waals surface area contributed by atoms with Crippen molar-refractivity contribution in [2.24, 2.45) is 5.92 Å². The highest BCUT2D eigenvalue weighted by Gasteiger charge is 2.26. The molecule has 1 saturated heterocycles. The average molecular weight is 352 g/mol. The standard InChI is InChI=1S/C18H27FN4O2/c1-14(2)11-20-17(24)12-22-7-9-23(10-8-22)13-18(25)21-16-5-3-15(19)4-6-16/h3-6,14H,7-13H2,1-2H3,(H,20,24)(H,21,25)/p+2. The van der Waals surface area contributed by atoms with Gasteiger partial charge < -0.3 is 20.4 Å². The predicted molar refractivity (Wildman–Crippen MR) is 94.0 cm³/mol. The van der Waals surface area contributed by atoms with E-state index in [9.17, 15) is 14.0 Å². The number of amides is 2. The molecule has 7 heteroatoms. The minimum absolute atomic E-state index is 0.0697. The van der Waals surface area contributed by atoms with Gasteiger partial charge in [-0.2, -0.15) is 0 Å². The molecule has 1 aliphatic rings. The molecule has 0 bridgehead atoms. The average Bonchev–Trinajstić information content (AvgIpc) is 2.57. The Morgan fingerprint density at radius 3 is 2.04 bits per heavy atom. The number of anilines is 1. The number of quaternary nitrogens is 2. The lowest BCUT2D eigenvalue weighted by Crippen LogP contribution is -3.28. The van der Waals surface area contributed by atoms with Gasteiger partial charge in [-0.1, -0.05) is 13.8 Å². The van der Waals surface area contributed by atoms with Crippen LogP contribution in [0.25, 0.3) is 0 Å². The molecule has 2 rings (SSSR count). The molecule has 4 N–H and O–H groups in total. The zero-order chi connectivity index (χ0) is 18.2. The molecule has 1 fully saturated rings. The van der Waals surface area contributed by atoms with E-state index in [1.165, 1.54) is 21.9 Å².